The second-order valence-corrected chi connectivity index (χ2v) is 9.17. The first-order valence-electron chi connectivity index (χ1n) is 12.0. The third kappa shape index (κ3) is 6.88. The van der Waals surface area contributed by atoms with Gasteiger partial charge in [0, 0.05) is 5.56 Å². The zero-order valence-electron chi connectivity index (χ0n) is 21.9. The number of carbonyl (C=O) groups excluding carboxylic acids is 2. The summed E-state index contributed by atoms with van der Waals surface area (Å²) in [6.07, 6.45) is 0. The van der Waals surface area contributed by atoms with Crippen LogP contribution in [0.2, 0.25) is 0 Å². The van der Waals surface area contributed by atoms with E-state index in [-0.39, 0.29) is 45.6 Å². The van der Waals surface area contributed by atoms with Crippen LogP contribution in [-0.4, -0.2) is 53.0 Å². The van der Waals surface area contributed by atoms with Gasteiger partial charge in [-0.05, 0) is 55.5 Å². The van der Waals surface area contributed by atoms with Gasteiger partial charge in [0.15, 0.2) is 18.1 Å². The second-order valence-electron chi connectivity index (χ2n) is 8.21. The van der Waals surface area contributed by atoms with Crippen molar-refractivity contribution >= 4 is 34.7 Å². The van der Waals surface area contributed by atoms with Gasteiger partial charge in [-0.3, -0.25) is 9.59 Å². The maximum Gasteiger partial charge on any atom is 0.282 e. The van der Waals surface area contributed by atoms with Crippen molar-refractivity contribution in [3.63, 3.8) is 0 Å². The van der Waals surface area contributed by atoms with E-state index in [4.69, 9.17) is 14.6 Å². The van der Waals surface area contributed by atoms with Crippen LogP contribution in [0.5, 0.6) is 11.5 Å². The highest BCUT2D eigenvalue weighted by atomic mass is 32.1. The summed E-state index contributed by atoms with van der Waals surface area (Å²) in [6, 6.07) is 18.8. The Hall–Kier alpha value is -5.19. The number of ether oxygens (including phenoxy) is 2. The lowest BCUT2D eigenvalue weighted by molar-refractivity contribution is -0.121. The number of aliphatic hydroxyl groups is 1. The molecular weight excluding hydrogens is 551 g/mol. The number of halogens is 1. The first-order chi connectivity index (χ1) is 19.8. The van der Waals surface area contributed by atoms with E-state index in [0.717, 1.165) is 16.0 Å². The van der Waals surface area contributed by atoms with Crippen LogP contribution in [0.4, 0.5) is 10.1 Å². The van der Waals surface area contributed by atoms with E-state index in [1.54, 1.807) is 30.3 Å². The Labute approximate surface area is 237 Å². The van der Waals surface area contributed by atoms with Gasteiger partial charge >= 0.3 is 0 Å². The largest absolute Gasteiger partial charge is 0.491 e. The predicted molar refractivity (Wildman–Crippen MR) is 148 cm³/mol. The molecule has 0 saturated carbocycles. The number of nitrogens with one attached hydrogen (secondary N) is 1. The van der Waals surface area contributed by atoms with E-state index in [2.05, 4.69) is 20.4 Å². The number of aromatic nitrogens is 2. The smallest absolute Gasteiger partial charge is 0.282 e. The molecule has 208 valence electrons. The van der Waals surface area contributed by atoms with Crippen LogP contribution >= 0.6 is 11.3 Å². The molecule has 41 heavy (non-hydrogen) atoms. The fourth-order valence-corrected chi connectivity index (χ4v) is 4.52. The number of rotatable bonds is 8. The molecule has 1 heterocycles. The standard InChI is InChI=1S/C28H23FN6O5S/c1-17(31-16-36)32-24(37)15-40-23-9-5-8-22(25(23)39-2)33-28-35(27(38)21-7-4-3-6-19(21)14-30)34-26(41-28)18-10-12-20(29)13-11-18/h3-13,36H,15-16H2,1-2H3,(H,31,32,37)/b33-28+. The molecule has 4 aromatic rings. The number of nitrogens with zero attached hydrogens (tertiary/aromatic N) is 5. The monoisotopic (exact) mass is 574 g/mol. The van der Waals surface area contributed by atoms with Gasteiger partial charge in [0.25, 0.3) is 11.8 Å². The minimum atomic E-state index is -0.589. The third-order valence-corrected chi connectivity index (χ3v) is 6.44. The van der Waals surface area contributed by atoms with Crippen molar-refractivity contribution in [1.82, 2.24) is 15.1 Å². The number of para-hydroxylation sites is 1. The van der Waals surface area contributed by atoms with Crippen LogP contribution in [0.1, 0.15) is 22.8 Å². The minimum absolute atomic E-state index is 0.127. The maximum absolute atomic E-state index is 13.6. The average molecular weight is 575 g/mol. The molecule has 2 N–H and O–H groups in total. The number of aliphatic hydroxyl groups excluding tert-OH is 1. The fourth-order valence-electron chi connectivity index (χ4n) is 3.62. The van der Waals surface area contributed by atoms with Crippen molar-refractivity contribution in [3.05, 3.63) is 88.5 Å². The first-order valence-corrected chi connectivity index (χ1v) is 12.8. The second kappa shape index (κ2) is 13.2. The Balaban J connectivity index is 1.77. The molecule has 1 amide bonds. The molecule has 0 aliphatic carbocycles. The summed E-state index contributed by atoms with van der Waals surface area (Å²) in [6.45, 7) is 0.682. The van der Waals surface area contributed by atoms with Crippen molar-refractivity contribution in [3.8, 4) is 28.1 Å². The van der Waals surface area contributed by atoms with E-state index in [1.165, 1.54) is 50.4 Å². The van der Waals surface area contributed by atoms with Crippen LogP contribution in [0.3, 0.4) is 0 Å². The molecule has 0 atom stereocenters. The van der Waals surface area contributed by atoms with Crippen molar-refractivity contribution in [1.29, 1.82) is 5.26 Å². The molecule has 0 aliphatic rings. The molecule has 0 aliphatic heterocycles. The number of hydrogen-bond acceptors (Lipinski definition) is 10. The molecule has 1 aromatic heterocycles. The fraction of sp³-hybridized carbons (Fsp3) is 0.143. The van der Waals surface area contributed by atoms with Gasteiger partial charge in [-0.2, -0.15) is 15.0 Å². The average Bonchev–Trinajstić information content (AvgIpc) is 3.39. The molecule has 0 fully saturated rings. The van der Waals surface area contributed by atoms with Crippen LogP contribution in [-0.2, 0) is 4.79 Å². The summed E-state index contributed by atoms with van der Waals surface area (Å²) in [5.41, 5.74) is 1.12. The highest BCUT2D eigenvalue weighted by Crippen LogP contribution is 2.37. The number of methoxy groups -OCH3 is 1. The van der Waals surface area contributed by atoms with Gasteiger partial charge in [-0.15, -0.1) is 0 Å². The van der Waals surface area contributed by atoms with Gasteiger partial charge in [-0.1, -0.05) is 29.5 Å². The van der Waals surface area contributed by atoms with Gasteiger partial charge < -0.3 is 19.9 Å². The number of amides is 1. The summed E-state index contributed by atoms with van der Waals surface area (Å²) in [5, 5.41) is 25.7. The quantitative estimate of drug-likeness (QED) is 0.242. The summed E-state index contributed by atoms with van der Waals surface area (Å²) < 4.78 is 25.8. The molecule has 0 saturated heterocycles. The van der Waals surface area contributed by atoms with E-state index < -0.39 is 24.4 Å². The van der Waals surface area contributed by atoms with Gasteiger partial charge in [0.2, 0.25) is 4.80 Å². The summed E-state index contributed by atoms with van der Waals surface area (Å²) >= 11 is 1.07. The number of hydrogen-bond donors (Lipinski definition) is 2. The maximum atomic E-state index is 13.6. The lowest BCUT2D eigenvalue weighted by Crippen LogP contribution is -2.33. The molecule has 0 bridgehead atoms. The topological polar surface area (TPSA) is 151 Å². The normalized spacial score (nSPS) is 11.6. The van der Waals surface area contributed by atoms with E-state index >= 15 is 0 Å². The lowest BCUT2D eigenvalue weighted by atomic mass is 10.1. The summed E-state index contributed by atoms with van der Waals surface area (Å²) in [5.74, 6) is -0.895. The van der Waals surface area contributed by atoms with Gasteiger partial charge in [0.1, 0.15) is 29.1 Å². The Bertz CT molecular complexity index is 1720. The molecule has 0 unspecified atom stereocenters. The molecule has 0 radical (unpaired) electrons. The zero-order chi connectivity index (χ0) is 29.4. The van der Waals surface area contributed by atoms with Crippen molar-refractivity contribution in [2.24, 2.45) is 9.98 Å². The third-order valence-electron chi connectivity index (χ3n) is 5.49. The predicted octanol–water partition coefficient (Wildman–Crippen LogP) is 3.42. The number of aliphatic imine (C=N–C) groups is 1. The zero-order valence-corrected chi connectivity index (χ0v) is 22.7. The highest BCUT2D eigenvalue weighted by molar-refractivity contribution is 7.12. The Morgan fingerprint density at radius 3 is 2.61 bits per heavy atom. The SMILES string of the molecule is COc1c(/N=c2/sc(-c3ccc(F)cc3)nn2C(=O)c2ccccc2C#N)cccc1OCC(=O)N/C(C)=N\CO. The van der Waals surface area contributed by atoms with Crippen LogP contribution in [0.15, 0.2) is 76.7 Å². The lowest BCUT2D eigenvalue weighted by Gasteiger charge is -2.12. The Morgan fingerprint density at radius 1 is 1.15 bits per heavy atom. The van der Waals surface area contributed by atoms with Crippen molar-refractivity contribution in [2.45, 2.75) is 6.92 Å². The molecule has 0 spiro atoms. The molecule has 13 heteroatoms. The van der Waals surface area contributed by atoms with Crippen LogP contribution < -0.4 is 19.6 Å². The molecular formula is C28H23FN6O5S. The Morgan fingerprint density at radius 2 is 1.90 bits per heavy atom. The van der Waals surface area contributed by atoms with E-state index in [0.29, 0.717) is 10.6 Å². The summed E-state index contributed by atoms with van der Waals surface area (Å²) in [7, 11) is 1.40. The minimum Gasteiger partial charge on any atom is -0.491 e. The molecule has 4 rings (SSSR count). The van der Waals surface area contributed by atoms with E-state index in [9.17, 15) is 19.2 Å². The van der Waals surface area contributed by atoms with Crippen molar-refractivity contribution in [2.75, 3.05) is 20.4 Å². The van der Waals surface area contributed by atoms with E-state index in [1.807, 2.05) is 6.07 Å². The van der Waals surface area contributed by atoms with Crippen LogP contribution in [0, 0.1) is 17.1 Å². The number of nitriles is 1. The molecule has 3 aromatic carbocycles. The number of amidine groups is 1. The highest BCUT2D eigenvalue weighted by Gasteiger charge is 2.20. The van der Waals surface area contributed by atoms with Crippen molar-refractivity contribution < 1.29 is 28.6 Å². The van der Waals surface area contributed by atoms with Crippen LogP contribution in [0.25, 0.3) is 10.6 Å². The van der Waals surface area contributed by atoms with Gasteiger partial charge in [-0.25, -0.2) is 14.4 Å². The number of carbonyl (C=O) groups is 2. The first kappa shape index (κ1) is 28.8. The summed E-state index contributed by atoms with van der Waals surface area (Å²) in [4.78, 5) is 34.2. The Kier molecular flexibility index (Phi) is 9.31. The molecule has 11 nitrogen and oxygen atoms in total. The van der Waals surface area contributed by atoms with Gasteiger partial charge in [0.05, 0.1) is 24.3 Å². The number of benzene rings is 3.